The molecule has 1 amide bonds. The van der Waals surface area contributed by atoms with E-state index in [0.717, 1.165) is 73.4 Å². The molecule has 5 rings (SSSR count). The first kappa shape index (κ1) is 22.9. The quantitative estimate of drug-likeness (QED) is 0.584. The van der Waals surface area contributed by atoms with Crippen molar-refractivity contribution < 1.29 is 4.79 Å². The fourth-order valence-corrected chi connectivity index (χ4v) is 5.37. The highest BCUT2D eigenvalue weighted by Gasteiger charge is 2.26. The third kappa shape index (κ3) is 5.60. The summed E-state index contributed by atoms with van der Waals surface area (Å²) in [6.45, 7) is 6.11. The van der Waals surface area contributed by atoms with E-state index in [4.69, 9.17) is 4.98 Å². The van der Waals surface area contributed by atoms with Crippen molar-refractivity contribution in [2.24, 2.45) is 0 Å². The van der Waals surface area contributed by atoms with Crippen molar-refractivity contribution in [3.05, 3.63) is 54.6 Å². The molecule has 0 saturated carbocycles. The average Bonchev–Trinajstić information content (AvgIpc) is 3.35. The molecule has 2 saturated heterocycles. The maximum atomic E-state index is 12.8. The van der Waals surface area contributed by atoms with Crippen LogP contribution in [0.5, 0.6) is 0 Å². The number of aromatic nitrogens is 3. The Labute approximate surface area is 204 Å². The normalized spacial score (nSPS) is 18.2. The zero-order valence-electron chi connectivity index (χ0n) is 19.6. The highest BCUT2D eigenvalue weighted by atomic mass is 32.1. The SMILES string of the molecule is CN1CCN(CC(=O)N2CCC(c3cncc(Nc4ncc(-c5ccccc5)s4)n3)CC2)CC1. The highest BCUT2D eigenvalue weighted by Crippen LogP contribution is 2.31. The third-order valence-electron chi connectivity index (χ3n) is 6.67. The molecule has 1 aromatic carbocycles. The summed E-state index contributed by atoms with van der Waals surface area (Å²) in [6.07, 6.45) is 7.31. The second kappa shape index (κ2) is 10.6. The largest absolute Gasteiger partial charge is 0.342 e. The number of likely N-dealkylation sites (tertiary alicyclic amines) is 1. The number of hydrogen-bond acceptors (Lipinski definition) is 8. The van der Waals surface area contributed by atoms with E-state index in [9.17, 15) is 4.79 Å². The van der Waals surface area contributed by atoms with Crippen LogP contribution in [-0.2, 0) is 4.79 Å². The lowest BCUT2D eigenvalue weighted by atomic mass is 9.93. The summed E-state index contributed by atoms with van der Waals surface area (Å²) in [7, 11) is 2.14. The Morgan fingerprint density at radius 1 is 1.03 bits per heavy atom. The van der Waals surface area contributed by atoms with E-state index in [1.165, 1.54) is 0 Å². The number of benzene rings is 1. The molecule has 178 valence electrons. The second-order valence-corrected chi connectivity index (χ2v) is 10.1. The number of likely N-dealkylation sites (N-methyl/N-ethyl adjacent to an activating group) is 1. The monoisotopic (exact) mass is 477 g/mol. The second-order valence-electron chi connectivity index (χ2n) is 9.08. The third-order valence-corrected chi connectivity index (χ3v) is 7.63. The van der Waals surface area contributed by atoms with Gasteiger partial charge in [-0.2, -0.15) is 0 Å². The van der Waals surface area contributed by atoms with E-state index in [1.807, 2.05) is 35.5 Å². The first-order chi connectivity index (χ1) is 16.6. The van der Waals surface area contributed by atoms with Gasteiger partial charge in [-0.3, -0.25) is 14.7 Å². The van der Waals surface area contributed by atoms with Crippen LogP contribution in [0.4, 0.5) is 10.9 Å². The number of rotatable bonds is 6. The lowest BCUT2D eigenvalue weighted by Crippen LogP contribution is -2.50. The molecule has 2 fully saturated rings. The lowest BCUT2D eigenvalue weighted by molar-refractivity contribution is -0.133. The Hall–Kier alpha value is -2.88. The molecule has 0 radical (unpaired) electrons. The van der Waals surface area contributed by atoms with Crippen molar-refractivity contribution in [3.63, 3.8) is 0 Å². The molecule has 9 heteroatoms. The number of anilines is 2. The van der Waals surface area contributed by atoms with E-state index in [2.05, 4.69) is 44.3 Å². The summed E-state index contributed by atoms with van der Waals surface area (Å²) in [5, 5.41) is 4.11. The van der Waals surface area contributed by atoms with Gasteiger partial charge in [0.1, 0.15) is 0 Å². The predicted octanol–water partition coefficient (Wildman–Crippen LogP) is 3.30. The van der Waals surface area contributed by atoms with Crippen LogP contribution in [0.25, 0.3) is 10.4 Å². The van der Waals surface area contributed by atoms with Crippen LogP contribution >= 0.6 is 11.3 Å². The van der Waals surface area contributed by atoms with Gasteiger partial charge in [0.2, 0.25) is 5.91 Å². The van der Waals surface area contributed by atoms with Crippen LogP contribution in [0.2, 0.25) is 0 Å². The van der Waals surface area contributed by atoms with Gasteiger partial charge < -0.3 is 15.1 Å². The summed E-state index contributed by atoms with van der Waals surface area (Å²) in [5.74, 6) is 1.28. The smallest absolute Gasteiger partial charge is 0.236 e. The number of piperidine rings is 1. The average molecular weight is 478 g/mol. The van der Waals surface area contributed by atoms with Gasteiger partial charge in [0, 0.05) is 57.6 Å². The molecule has 0 bridgehead atoms. The molecule has 0 aliphatic carbocycles. The van der Waals surface area contributed by atoms with E-state index >= 15 is 0 Å². The van der Waals surface area contributed by atoms with Gasteiger partial charge in [-0.25, -0.2) is 9.97 Å². The maximum absolute atomic E-state index is 12.8. The number of carbonyl (C=O) groups is 1. The van der Waals surface area contributed by atoms with Gasteiger partial charge in [-0.1, -0.05) is 41.7 Å². The lowest BCUT2D eigenvalue weighted by Gasteiger charge is -2.35. The molecule has 2 aliphatic heterocycles. The standard InChI is InChI=1S/C25H31N7OS/c1-30-11-13-31(14-12-30)18-24(33)32-9-7-19(8-10-32)21-15-26-17-23(28-21)29-25-27-16-22(34-25)20-5-3-2-4-6-20/h2-6,15-17,19H,7-14,18H2,1H3,(H,27,28,29). The van der Waals surface area contributed by atoms with E-state index < -0.39 is 0 Å². The summed E-state index contributed by atoms with van der Waals surface area (Å²) in [4.78, 5) is 34.2. The topological polar surface area (TPSA) is 77.5 Å². The van der Waals surface area contributed by atoms with Crippen LogP contribution in [0, 0.1) is 0 Å². The molecule has 0 unspecified atom stereocenters. The van der Waals surface area contributed by atoms with Crippen molar-refractivity contribution in [3.8, 4) is 10.4 Å². The van der Waals surface area contributed by atoms with E-state index in [1.54, 1.807) is 17.5 Å². The first-order valence-corrected chi connectivity index (χ1v) is 12.7. The number of nitrogens with zero attached hydrogens (tertiary/aromatic N) is 6. The number of thiazole rings is 1. The van der Waals surface area contributed by atoms with E-state index in [-0.39, 0.29) is 5.91 Å². The summed E-state index contributed by atoms with van der Waals surface area (Å²) in [5.41, 5.74) is 2.14. The number of nitrogens with one attached hydrogen (secondary N) is 1. The number of carbonyl (C=O) groups excluding carboxylic acids is 1. The van der Waals surface area contributed by atoms with Crippen molar-refractivity contribution >= 4 is 28.2 Å². The van der Waals surface area contributed by atoms with Gasteiger partial charge >= 0.3 is 0 Å². The summed E-state index contributed by atoms with van der Waals surface area (Å²) >= 11 is 1.60. The van der Waals surface area contributed by atoms with Crippen LogP contribution in [0.1, 0.15) is 24.5 Å². The minimum absolute atomic E-state index is 0.252. The minimum atomic E-state index is 0.252. The molecule has 1 N–H and O–H groups in total. The fraction of sp³-hybridized carbons (Fsp3) is 0.440. The van der Waals surface area contributed by atoms with Crippen LogP contribution in [-0.4, -0.2) is 88.4 Å². The number of hydrogen-bond donors (Lipinski definition) is 1. The van der Waals surface area contributed by atoms with Gasteiger partial charge in [-0.15, -0.1) is 0 Å². The molecule has 2 aliphatic rings. The fourth-order valence-electron chi connectivity index (χ4n) is 4.54. The molecule has 4 heterocycles. The zero-order valence-corrected chi connectivity index (χ0v) is 20.4. The molecule has 2 aromatic heterocycles. The van der Waals surface area contributed by atoms with Gasteiger partial charge in [0.15, 0.2) is 10.9 Å². The van der Waals surface area contributed by atoms with Crippen molar-refractivity contribution in [1.29, 1.82) is 0 Å². The van der Waals surface area contributed by atoms with Crippen molar-refractivity contribution in [2.45, 2.75) is 18.8 Å². The Morgan fingerprint density at radius 2 is 1.79 bits per heavy atom. The van der Waals surface area contributed by atoms with Gasteiger partial charge in [0.05, 0.1) is 23.3 Å². The number of amides is 1. The zero-order chi connectivity index (χ0) is 23.3. The van der Waals surface area contributed by atoms with Crippen LogP contribution < -0.4 is 5.32 Å². The maximum Gasteiger partial charge on any atom is 0.236 e. The minimum Gasteiger partial charge on any atom is -0.342 e. The predicted molar refractivity (Wildman–Crippen MR) is 135 cm³/mol. The Bertz CT molecular complexity index is 1090. The molecular formula is C25H31N7OS. The molecule has 0 spiro atoms. The van der Waals surface area contributed by atoms with Crippen molar-refractivity contribution in [1.82, 2.24) is 29.7 Å². The number of piperazine rings is 1. The molecule has 0 atom stereocenters. The molecule has 34 heavy (non-hydrogen) atoms. The molecule has 8 nitrogen and oxygen atoms in total. The summed E-state index contributed by atoms with van der Waals surface area (Å²) in [6, 6.07) is 10.2. The Kier molecular flexibility index (Phi) is 7.13. The Balaban J connectivity index is 1.15. The van der Waals surface area contributed by atoms with E-state index in [0.29, 0.717) is 18.3 Å². The van der Waals surface area contributed by atoms with Gasteiger partial charge in [-0.05, 0) is 25.5 Å². The summed E-state index contributed by atoms with van der Waals surface area (Å²) < 4.78 is 0. The van der Waals surface area contributed by atoms with Crippen LogP contribution in [0.15, 0.2) is 48.9 Å². The molecule has 3 aromatic rings. The Morgan fingerprint density at radius 3 is 2.56 bits per heavy atom. The van der Waals surface area contributed by atoms with Gasteiger partial charge in [0.25, 0.3) is 0 Å². The van der Waals surface area contributed by atoms with Crippen molar-refractivity contribution in [2.75, 3.05) is 58.2 Å². The highest BCUT2D eigenvalue weighted by molar-refractivity contribution is 7.18. The molecular weight excluding hydrogens is 446 g/mol. The van der Waals surface area contributed by atoms with Crippen LogP contribution in [0.3, 0.4) is 0 Å². The first-order valence-electron chi connectivity index (χ1n) is 11.9.